The van der Waals surface area contributed by atoms with Crippen LogP contribution >= 0.6 is 11.3 Å². The van der Waals surface area contributed by atoms with Crippen LogP contribution < -0.4 is 20.1 Å². The smallest absolute Gasteiger partial charge is 0.191 e. The largest absolute Gasteiger partial charge is 0.493 e. The molecule has 0 aliphatic carbocycles. The number of thiazole rings is 1. The number of aromatic nitrogens is 1. The summed E-state index contributed by atoms with van der Waals surface area (Å²) >= 11 is 1.70. The van der Waals surface area contributed by atoms with Crippen molar-refractivity contribution in [1.29, 1.82) is 0 Å². The summed E-state index contributed by atoms with van der Waals surface area (Å²) in [4.78, 5) is 8.83. The van der Waals surface area contributed by atoms with E-state index in [1.54, 1.807) is 25.5 Å². The van der Waals surface area contributed by atoms with Gasteiger partial charge in [-0.1, -0.05) is 13.0 Å². The maximum absolute atomic E-state index is 5.64. The van der Waals surface area contributed by atoms with Gasteiger partial charge in [-0.05, 0) is 43.9 Å². The molecule has 0 aliphatic rings. The van der Waals surface area contributed by atoms with Gasteiger partial charge in [-0.2, -0.15) is 0 Å². The zero-order valence-electron chi connectivity index (χ0n) is 16.7. The summed E-state index contributed by atoms with van der Waals surface area (Å²) in [5.74, 6) is 2.38. The monoisotopic (exact) mass is 390 g/mol. The number of hydrogen-bond donors (Lipinski definition) is 2. The van der Waals surface area contributed by atoms with E-state index in [4.69, 9.17) is 9.47 Å². The number of aryl methyl sites for hydroxylation is 2. The number of benzene rings is 1. The SMILES string of the molecule is CCOc1cc(CCCNC(=NC)NCc2csc(CC)n2)ccc1OC. The van der Waals surface area contributed by atoms with Gasteiger partial charge in [0.15, 0.2) is 17.5 Å². The highest BCUT2D eigenvalue weighted by Crippen LogP contribution is 2.28. The predicted octanol–water partition coefficient (Wildman–Crippen LogP) is 3.41. The fraction of sp³-hybridized carbons (Fsp3) is 0.500. The quantitative estimate of drug-likeness (QED) is 0.370. The number of aliphatic imine (C=N–C) groups is 1. The van der Waals surface area contributed by atoms with E-state index in [0.29, 0.717) is 13.2 Å². The second-order valence-electron chi connectivity index (χ2n) is 5.96. The first-order valence-electron chi connectivity index (χ1n) is 9.37. The fourth-order valence-electron chi connectivity index (χ4n) is 2.63. The number of methoxy groups -OCH3 is 1. The van der Waals surface area contributed by atoms with Crippen molar-refractivity contribution in [1.82, 2.24) is 15.6 Å². The third kappa shape index (κ3) is 6.75. The van der Waals surface area contributed by atoms with Gasteiger partial charge >= 0.3 is 0 Å². The van der Waals surface area contributed by atoms with Crippen LogP contribution in [0.25, 0.3) is 0 Å². The van der Waals surface area contributed by atoms with Crippen LogP contribution in [0.5, 0.6) is 11.5 Å². The van der Waals surface area contributed by atoms with E-state index in [0.717, 1.165) is 49.0 Å². The summed E-state index contributed by atoms with van der Waals surface area (Å²) in [6.45, 7) is 6.25. The Labute approximate surface area is 166 Å². The lowest BCUT2D eigenvalue weighted by molar-refractivity contribution is 0.310. The van der Waals surface area contributed by atoms with E-state index in [1.165, 1.54) is 10.6 Å². The van der Waals surface area contributed by atoms with Gasteiger partial charge in [0, 0.05) is 19.0 Å². The molecule has 0 amide bonds. The lowest BCUT2D eigenvalue weighted by atomic mass is 10.1. The summed E-state index contributed by atoms with van der Waals surface area (Å²) in [6.07, 6.45) is 2.93. The number of nitrogens with zero attached hydrogens (tertiary/aromatic N) is 2. The predicted molar refractivity (Wildman–Crippen MR) is 112 cm³/mol. The highest BCUT2D eigenvalue weighted by Gasteiger charge is 2.06. The minimum atomic E-state index is 0.627. The van der Waals surface area contributed by atoms with Gasteiger partial charge in [0.25, 0.3) is 0 Å². The van der Waals surface area contributed by atoms with Crippen molar-refractivity contribution in [3.05, 3.63) is 39.8 Å². The Bertz CT molecular complexity index is 731. The van der Waals surface area contributed by atoms with Gasteiger partial charge in [0.2, 0.25) is 0 Å². The zero-order valence-corrected chi connectivity index (χ0v) is 17.5. The number of nitrogens with one attached hydrogen (secondary N) is 2. The molecule has 1 aromatic carbocycles. The molecule has 0 fully saturated rings. The van der Waals surface area contributed by atoms with E-state index in [2.05, 4.69) is 45.0 Å². The summed E-state index contributed by atoms with van der Waals surface area (Å²) in [7, 11) is 3.44. The van der Waals surface area contributed by atoms with Crippen LogP contribution in [-0.2, 0) is 19.4 Å². The Hall–Kier alpha value is -2.28. The van der Waals surface area contributed by atoms with Crippen molar-refractivity contribution in [3.8, 4) is 11.5 Å². The van der Waals surface area contributed by atoms with Crippen molar-refractivity contribution >= 4 is 17.3 Å². The fourth-order valence-corrected chi connectivity index (χ4v) is 3.38. The lowest BCUT2D eigenvalue weighted by Gasteiger charge is -2.12. The molecule has 1 aromatic heterocycles. The number of hydrogen-bond acceptors (Lipinski definition) is 5. The highest BCUT2D eigenvalue weighted by molar-refractivity contribution is 7.09. The van der Waals surface area contributed by atoms with E-state index in [-0.39, 0.29) is 0 Å². The lowest BCUT2D eigenvalue weighted by Crippen LogP contribution is -2.37. The zero-order chi connectivity index (χ0) is 19.5. The first kappa shape index (κ1) is 21.0. The molecule has 0 bridgehead atoms. The molecule has 2 rings (SSSR count). The third-order valence-corrected chi connectivity index (χ3v) is 5.07. The summed E-state index contributed by atoms with van der Waals surface area (Å²) in [6, 6.07) is 6.11. The maximum Gasteiger partial charge on any atom is 0.191 e. The van der Waals surface area contributed by atoms with Gasteiger partial charge in [-0.25, -0.2) is 4.98 Å². The molecule has 0 spiro atoms. The van der Waals surface area contributed by atoms with Crippen molar-refractivity contribution in [2.45, 2.75) is 39.7 Å². The molecule has 0 unspecified atom stereocenters. The normalized spacial score (nSPS) is 11.3. The molecule has 148 valence electrons. The van der Waals surface area contributed by atoms with E-state index in [1.807, 2.05) is 13.0 Å². The molecule has 6 nitrogen and oxygen atoms in total. The Balaban J connectivity index is 1.75. The van der Waals surface area contributed by atoms with Gasteiger partial charge in [-0.3, -0.25) is 4.99 Å². The molecule has 27 heavy (non-hydrogen) atoms. The number of ether oxygens (including phenoxy) is 2. The first-order chi connectivity index (χ1) is 13.2. The van der Waals surface area contributed by atoms with Gasteiger partial charge < -0.3 is 20.1 Å². The molecule has 0 radical (unpaired) electrons. The van der Waals surface area contributed by atoms with E-state index < -0.39 is 0 Å². The average Bonchev–Trinajstić information content (AvgIpc) is 3.16. The maximum atomic E-state index is 5.64. The summed E-state index contributed by atoms with van der Waals surface area (Å²) in [5.41, 5.74) is 2.29. The Kier molecular flexibility index (Phi) is 8.91. The molecule has 0 atom stereocenters. The highest BCUT2D eigenvalue weighted by atomic mass is 32.1. The molecule has 0 saturated carbocycles. The van der Waals surface area contributed by atoms with Gasteiger partial charge in [-0.15, -0.1) is 11.3 Å². The molecule has 0 saturated heterocycles. The van der Waals surface area contributed by atoms with Crippen molar-refractivity contribution < 1.29 is 9.47 Å². The van der Waals surface area contributed by atoms with Crippen LogP contribution in [-0.4, -0.2) is 38.3 Å². The summed E-state index contributed by atoms with van der Waals surface area (Å²) in [5, 5.41) is 9.92. The number of guanidine groups is 1. The minimum Gasteiger partial charge on any atom is -0.493 e. The van der Waals surface area contributed by atoms with Gasteiger partial charge in [0.05, 0.1) is 31.0 Å². The minimum absolute atomic E-state index is 0.627. The Morgan fingerprint density at radius 2 is 2.07 bits per heavy atom. The van der Waals surface area contributed by atoms with E-state index in [9.17, 15) is 0 Å². The van der Waals surface area contributed by atoms with Crippen molar-refractivity contribution in [2.24, 2.45) is 4.99 Å². The molecule has 2 N–H and O–H groups in total. The molecular weight excluding hydrogens is 360 g/mol. The van der Waals surface area contributed by atoms with Crippen molar-refractivity contribution in [3.63, 3.8) is 0 Å². The van der Waals surface area contributed by atoms with Crippen LogP contribution in [0.2, 0.25) is 0 Å². The second-order valence-corrected chi connectivity index (χ2v) is 6.90. The Morgan fingerprint density at radius 3 is 2.74 bits per heavy atom. The average molecular weight is 391 g/mol. The second kappa shape index (κ2) is 11.4. The van der Waals surface area contributed by atoms with Crippen LogP contribution in [0.15, 0.2) is 28.6 Å². The van der Waals surface area contributed by atoms with Crippen molar-refractivity contribution in [2.75, 3.05) is 27.3 Å². The van der Waals surface area contributed by atoms with Crippen LogP contribution in [0.3, 0.4) is 0 Å². The third-order valence-electron chi connectivity index (χ3n) is 4.02. The molecule has 0 aliphatic heterocycles. The standard InChI is InChI=1S/C20H30N4O2S/c1-5-19-24-16(14-27-19)13-23-20(21-3)22-11-7-8-15-9-10-17(25-4)18(12-15)26-6-2/h9-10,12,14H,5-8,11,13H2,1-4H3,(H2,21,22,23). The molecule has 1 heterocycles. The molecule has 7 heteroatoms. The van der Waals surface area contributed by atoms with Crippen LogP contribution in [0.1, 0.15) is 36.5 Å². The van der Waals surface area contributed by atoms with Gasteiger partial charge in [0.1, 0.15) is 0 Å². The first-order valence-corrected chi connectivity index (χ1v) is 10.3. The summed E-state index contributed by atoms with van der Waals surface area (Å²) < 4.78 is 11.0. The van der Waals surface area contributed by atoms with Crippen LogP contribution in [0, 0.1) is 0 Å². The Morgan fingerprint density at radius 1 is 1.22 bits per heavy atom. The van der Waals surface area contributed by atoms with E-state index >= 15 is 0 Å². The number of rotatable bonds is 10. The molecule has 2 aromatic rings. The van der Waals surface area contributed by atoms with Crippen LogP contribution in [0.4, 0.5) is 0 Å². The molecular formula is C20H30N4O2S. The topological polar surface area (TPSA) is 67.8 Å².